The lowest BCUT2D eigenvalue weighted by Crippen LogP contribution is -2.39. The molecule has 28 heavy (non-hydrogen) atoms. The van der Waals surface area contributed by atoms with Crippen molar-refractivity contribution in [1.29, 1.82) is 0 Å². The van der Waals surface area contributed by atoms with Crippen LogP contribution in [0.3, 0.4) is 0 Å². The number of hydrogen-bond acceptors (Lipinski definition) is 4. The van der Waals surface area contributed by atoms with E-state index in [-0.39, 0.29) is 25.0 Å². The zero-order valence-corrected chi connectivity index (χ0v) is 17.4. The molecule has 2 amide bonds. The van der Waals surface area contributed by atoms with Gasteiger partial charge in [0.25, 0.3) is 5.91 Å². The van der Waals surface area contributed by atoms with Gasteiger partial charge in [0.15, 0.2) is 0 Å². The second kappa shape index (κ2) is 10.6. The predicted octanol–water partition coefficient (Wildman–Crippen LogP) is 3.38. The molecule has 0 bridgehead atoms. The van der Waals surface area contributed by atoms with Gasteiger partial charge >= 0.3 is 5.97 Å². The summed E-state index contributed by atoms with van der Waals surface area (Å²) in [5.41, 5.74) is 1.23. The number of carbonyl (C=O) groups is 3. The monoisotopic (exact) mass is 446 g/mol. The topological polar surface area (TPSA) is 84.5 Å². The maximum Gasteiger partial charge on any atom is 0.308 e. The van der Waals surface area contributed by atoms with E-state index in [2.05, 4.69) is 26.6 Å². The molecule has 0 fully saturated rings. The minimum atomic E-state index is -0.539. The molecular formula is C21H23BrN2O4. The minimum absolute atomic E-state index is 0.00745. The van der Waals surface area contributed by atoms with Gasteiger partial charge in [-0.1, -0.05) is 52.3 Å². The van der Waals surface area contributed by atoms with E-state index in [9.17, 15) is 14.4 Å². The molecule has 7 heteroatoms. The number of ether oxygens (including phenoxy) is 1. The first-order valence-electron chi connectivity index (χ1n) is 8.92. The molecule has 2 aromatic carbocycles. The number of hydrogen-bond donors (Lipinski definition) is 2. The number of amides is 2. The van der Waals surface area contributed by atoms with Gasteiger partial charge in [-0.3, -0.25) is 14.4 Å². The Labute approximate surface area is 172 Å². The van der Waals surface area contributed by atoms with Gasteiger partial charge in [0.2, 0.25) is 5.91 Å². The predicted molar refractivity (Wildman–Crippen MR) is 110 cm³/mol. The molecule has 2 N–H and O–H groups in total. The van der Waals surface area contributed by atoms with Gasteiger partial charge in [-0.15, -0.1) is 0 Å². The summed E-state index contributed by atoms with van der Waals surface area (Å²) in [5, 5.41) is 5.37. The van der Waals surface area contributed by atoms with Gasteiger partial charge in [-0.2, -0.15) is 0 Å². The quantitative estimate of drug-likeness (QED) is 0.608. The number of carbonyl (C=O) groups excluding carboxylic acids is 3. The maximum atomic E-state index is 12.3. The Hall–Kier alpha value is -2.67. The summed E-state index contributed by atoms with van der Waals surface area (Å²) >= 11 is 3.31. The number of nitrogens with one attached hydrogen (secondary N) is 2. The summed E-state index contributed by atoms with van der Waals surface area (Å²) in [6.45, 7) is 3.34. The third-order valence-corrected chi connectivity index (χ3v) is 4.26. The van der Waals surface area contributed by atoms with Crippen LogP contribution in [0.4, 0.5) is 0 Å². The molecule has 0 saturated carbocycles. The smallest absolute Gasteiger partial charge is 0.308 e. The van der Waals surface area contributed by atoms with Gasteiger partial charge in [0, 0.05) is 10.0 Å². The van der Waals surface area contributed by atoms with E-state index in [0.29, 0.717) is 5.56 Å². The Bertz CT molecular complexity index is 824. The van der Waals surface area contributed by atoms with Crippen LogP contribution in [0.25, 0.3) is 0 Å². The zero-order chi connectivity index (χ0) is 20.5. The van der Waals surface area contributed by atoms with E-state index in [1.165, 1.54) is 0 Å². The minimum Gasteiger partial charge on any atom is -0.463 e. The Balaban J connectivity index is 1.97. The van der Waals surface area contributed by atoms with Crippen molar-refractivity contribution in [3.63, 3.8) is 0 Å². The van der Waals surface area contributed by atoms with Crippen LogP contribution in [0.5, 0.6) is 0 Å². The first kappa shape index (κ1) is 21.6. The lowest BCUT2D eigenvalue weighted by Gasteiger charge is -2.19. The Morgan fingerprint density at radius 1 is 1.04 bits per heavy atom. The summed E-state index contributed by atoms with van der Waals surface area (Å²) in [6, 6.07) is 15.5. The molecule has 6 nitrogen and oxygen atoms in total. The van der Waals surface area contributed by atoms with E-state index in [1.54, 1.807) is 32.0 Å². The van der Waals surface area contributed by atoms with Gasteiger partial charge in [0.1, 0.15) is 0 Å². The molecule has 0 heterocycles. The summed E-state index contributed by atoms with van der Waals surface area (Å²) in [5.74, 6) is -1.15. The van der Waals surface area contributed by atoms with Crippen molar-refractivity contribution in [3.8, 4) is 0 Å². The molecule has 0 spiro atoms. The molecule has 2 rings (SSSR count). The molecule has 0 aliphatic heterocycles. The summed E-state index contributed by atoms with van der Waals surface area (Å²) in [4.78, 5) is 36.6. The van der Waals surface area contributed by atoms with E-state index < -0.39 is 17.9 Å². The standard InChI is InChI=1S/C21H23BrN2O4/c1-14(2)28-20(26)12-18(15-7-4-3-5-8-15)24-19(25)13-23-21(27)16-9-6-10-17(22)11-16/h3-11,14,18H,12-13H2,1-2H3,(H,23,27)(H,24,25). The molecule has 148 valence electrons. The van der Waals surface area contributed by atoms with Crippen molar-refractivity contribution in [3.05, 3.63) is 70.2 Å². The number of halogens is 1. The van der Waals surface area contributed by atoms with Crippen LogP contribution in [0, 0.1) is 0 Å². The lowest BCUT2D eigenvalue weighted by molar-refractivity contribution is -0.148. The molecular weight excluding hydrogens is 424 g/mol. The van der Waals surface area contributed by atoms with Crippen molar-refractivity contribution in [2.75, 3.05) is 6.54 Å². The first-order chi connectivity index (χ1) is 13.3. The fourth-order valence-electron chi connectivity index (χ4n) is 2.55. The molecule has 0 aromatic heterocycles. The van der Waals surface area contributed by atoms with Crippen molar-refractivity contribution in [2.45, 2.75) is 32.4 Å². The normalized spacial score (nSPS) is 11.6. The molecule has 1 unspecified atom stereocenters. The molecule has 2 aromatic rings. The number of rotatable bonds is 8. The van der Waals surface area contributed by atoms with Crippen LogP contribution < -0.4 is 10.6 Å². The first-order valence-corrected chi connectivity index (χ1v) is 9.72. The van der Waals surface area contributed by atoms with Crippen LogP contribution in [0.2, 0.25) is 0 Å². The maximum absolute atomic E-state index is 12.3. The number of benzene rings is 2. The fraction of sp³-hybridized carbons (Fsp3) is 0.286. The highest BCUT2D eigenvalue weighted by Crippen LogP contribution is 2.17. The largest absolute Gasteiger partial charge is 0.463 e. The van der Waals surface area contributed by atoms with E-state index in [0.717, 1.165) is 10.0 Å². The molecule has 0 aliphatic rings. The van der Waals surface area contributed by atoms with Crippen LogP contribution in [-0.2, 0) is 14.3 Å². The van der Waals surface area contributed by atoms with E-state index in [4.69, 9.17) is 4.74 Å². The van der Waals surface area contributed by atoms with Crippen LogP contribution in [-0.4, -0.2) is 30.4 Å². The van der Waals surface area contributed by atoms with E-state index >= 15 is 0 Å². The highest BCUT2D eigenvalue weighted by Gasteiger charge is 2.20. The average molecular weight is 447 g/mol. The second-order valence-corrected chi connectivity index (χ2v) is 7.38. The van der Waals surface area contributed by atoms with Crippen molar-refractivity contribution in [2.24, 2.45) is 0 Å². The summed E-state index contributed by atoms with van der Waals surface area (Å²) in [7, 11) is 0. The van der Waals surface area contributed by atoms with Gasteiger partial charge in [-0.25, -0.2) is 0 Å². The Kier molecular flexibility index (Phi) is 8.19. The Morgan fingerprint density at radius 2 is 1.75 bits per heavy atom. The van der Waals surface area contributed by atoms with E-state index in [1.807, 2.05) is 36.4 Å². The van der Waals surface area contributed by atoms with Crippen molar-refractivity contribution >= 4 is 33.7 Å². The molecule has 0 aliphatic carbocycles. The van der Waals surface area contributed by atoms with Crippen LogP contribution in [0.15, 0.2) is 59.1 Å². The highest BCUT2D eigenvalue weighted by molar-refractivity contribution is 9.10. The van der Waals surface area contributed by atoms with Gasteiger partial charge in [-0.05, 0) is 37.6 Å². The third-order valence-electron chi connectivity index (χ3n) is 3.77. The average Bonchev–Trinajstić information content (AvgIpc) is 2.65. The fourth-order valence-corrected chi connectivity index (χ4v) is 2.95. The van der Waals surface area contributed by atoms with Crippen LogP contribution >= 0.6 is 15.9 Å². The second-order valence-electron chi connectivity index (χ2n) is 6.47. The highest BCUT2D eigenvalue weighted by atomic mass is 79.9. The zero-order valence-electron chi connectivity index (χ0n) is 15.8. The van der Waals surface area contributed by atoms with Crippen LogP contribution in [0.1, 0.15) is 42.2 Å². The lowest BCUT2D eigenvalue weighted by atomic mass is 10.0. The van der Waals surface area contributed by atoms with Gasteiger partial charge < -0.3 is 15.4 Å². The molecule has 1 atom stereocenters. The summed E-state index contributed by atoms with van der Waals surface area (Å²) < 4.78 is 5.96. The third kappa shape index (κ3) is 7.15. The number of esters is 1. The Morgan fingerprint density at radius 3 is 2.39 bits per heavy atom. The summed E-state index contributed by atoms with van der Waals surface area (Å²) in [6.07, 6.45) is -0.225. The van der Waals surface area contributed by atoms with Crippen molar-refractivity contribution < 1.29 is 19.1 Å². The molecule has 0 radical (unpaired) electrons. The molecule has 0 saturated heterocycles. The SMILES string of the molecule is CC(C)OC(=O)CC(NC(=O)CNC(=O)c1cccc(Br)c1)c1ccccc1. The van der Waals surface area contributed by atoms with Gasteiger partial charge in [0.05, 0.1) is 25.1 Å². The van der Waals surface area contributed by atoms with Crippen molar-refractivity contribution in [1.82, 2.24) is 10.6 Å².